The van der Waals surface area contributed by atoms with Crippen LogP contribution in [-0.2, 0) is 0 Å². The van der Waals surface area contributed by atoms with Gasteiger partial charge in [0.1, 0.15) is 12.2 Å². The number of aromatic nitrogens is 3. The molecule has 0 aliphatic heterocycles. The quantitative estimate of drug-likeness (QED) is 0.294. The third kappa shape index (κ3) is 5.35. The van der Waals surface area contributed by atoms with Crippen LogP contribution in [0.2, 0.25) is 0 Å². The van der Waals surface area contributed by atoms with Crippen LogP contribution >= 0.6 is 0 Å². The summed E-state index contributed by atoms with van der Waals surface area (Å²) in [4.78, 5) is 28.4. The highest BCUT2D eigenvalue weighted by atomic mass is 19.1. The van der Waals surface area contributed by atoms with Crippen LogP contribution in [-0.4, -0.2) is 67.2 Å². The second kappa shape index (κ2) is 9.81. The molecule has 3 aromatic heterocycles. The molecule has 2 fully saturated rings. The Labute approximate surface area is 224 Å². The Morgan fingerprint density at radius 3 is 2.62 bits per heavy atom. The van der Waals surface area contributed by atoms with Crippen LogP contribution < -0.4 is 16.0 Å². The van der Waals surface area contributed by atoms with E-state index in [0.717, 1.165) is 31.2 Å². The molecule has 12 heteroatoms. The van der Waals surface area contributed by atoms with Gasteiger partial charge in [0.15, 0.2) is 0 Å². The number of aliphatic hydroxyl groups is 1. The van der Waals surface area contributed by atoms with E-state index in [4.69, 9.17) is 10.4 Å². The van der Waals surface area contributed by atoms with Gasteiger partial charge in [0.25, 0.3) is 5.91 Å². The number of carbonyl (C=O) groups is 2. The predicted octanol–water partition coefficient (Wildman–Crippen LogP) is 3.10. The van der Waals surface area contributed by atoms with Gasteiger partial charge in [0.2, 0.25) is 0 Å². The fourth-order valence-electron chi connectivity index (χ4n) is 5.58. The third-order valence-corrected chi connectivity index (χ3v) is 7.65. The molecule has 0 bridgehead atoms. The number of hydrogen-bond donors (Lipinski definition) is 5. The third-order valence-electron chi connectivity index (χ3n) is 7.65. The van der Waals surface area contributed by atoms with E-state index in [-0.39, 0.29) is 29.6 Å². The molecule has 0 aromatic carbocycles. The summed E-state index contributed by atoms with van der Waals surface area (Å²) < 4.78 is 15.9. The van der Waals surface area contributed by atoms with Crippen LogP contribution in [0.4, 0.5) is 14.9 Å². The van der Waals surface area contributed by atoms with Crippen molar-refractivity contribution < 1.29 is 24.2 Å². The maximum atomic E-state index is 14.3. The largest absolute Gasteiger partial charge is 0.465 e. The van der Waals surface area contributed by atoms with Gasteiger partial charge in [-0.1, -0.05) is 0 Å². The fraction of sp³-hybridized carbons (Fsp3) is 0.444. The van der Waals surface area contributed by atoms with E-state index in [9.17, 15) is 19.1 Å². The normalized spacial score (nSPS) is 22.8. The Morgan fingerprint density at radius 1 is 1.23 bits per heavy atom. The molecule has 5 N–H and O–H groups in total. The summed E-state index contributed by atoms with van der Waals surface area (Å²) in [6, 6.07) is 9.23. The molecule has 39 heavy (non-hydrogen) atoms. The van der Waals surface area contributed by atoms with E-state index < -0.39 is 23.8 Å². The smallest absolute Gasteiger partial charge is 0.404 e. The molecule has 204 valence electrons. The fourth-order valence-corrected chi connectivity index (χ4v) is 5.58. The van der Waals surface area contributed by atoms with Crippen LogP contribution in [0.25, 0.3) is 16.9 Å². The number of nitrogens with zero attached hydrogens (tertiary/aromatic N) is 4. The highest BCUT2D eigenvalue weighted by Crippen LogP contribution is 2.56. The molecule has 2 saturated carbocycles. The van der Waals surface area contributed by atoms with E-state index in [1.54, 1.807) is 16.6 Å². The zero-order valence-electron chi connectivity index (χ0n) is 21.6. The summed E-state index contributed by atoms with van der Waals surface area (Å²) in [6.45, 7) is 2.32. The number of carbonyl (C=O) groups excluding carboxylic acids is 1. The van der Waals surface area contributed by atoms with Gasteiger partial charge in [-0.05, 0) is 69.2 Å². The first-order valence-electron chi connectivity index (χ1n) is 12.8. The summed E-state index contributed by atoms with van der Waals surface area (Å²) in [5, 5.41) is 40.8. The Hall–Kier alpha value is -4.24. The lowest BCUT2D eigenvalue weighted by atomic mass is 9.52. The number of carboxylic acid groups (broad SMARTS) is 1. The van der Waals surface area contributed by atoms with Crippen LogP contribution in [0.5, 0.6) is 0 Å². The molecule has 0 saturated heterocycles. The van der Waals surface area contributed by atoms with Gasteiger partial charge >= 0.3 is 6.09 Å². The topological polar surface area (TPSA) is 165 Å². The number of halogens is 1. The molecule has 2 aliphatic rings. The number of nitrogens with one attached hydrogen (secondary N) is 3. The highest BCUT2D eigenvalue weighted by Gasteiger charge is 2.53. The maximum Gasteiger partial charge on any atom is 0.404 e. The van der Waals surface area contributed by atoms with Crippen LogP contribution in [0.1, 0.15) is 55.5 Å². The van der Waals surface area contributed by atoms with Gasteiger partial charge in [0.05, 0.1) is 52.1 Å². The molecule has 0 radical (unpaired) electrons. The molecule has 3 aromatic rings. The molecule has 1 atom stereocenters. The van der Waals surface area contributed by atoms with Crippen molar-refractivity contribution in [3.63, 3.8) is 0 Å². The van der Waals surface area contributed by atoms with E-state index in [1.165, 1.54) is 26.2 Å². The predicted molar refractivity (Wildman–Crippen MR) is 140 cm³/mol. The number of anilines is 1. The zero-order chi connectivity index (χ0) is 27.9. The first kappa shape index (κ1) is 26.4. The lowest BCUT2D eigenvalue weighted by molar-refractivity contribution is -0.0100. The molecule has 1 unspecified atom stereocenters. The standard InChI is InChI=1S/C27H30FN7O4/c1-26(2,39)23(28)14-31-24(36)19-13-30-21(22-4-3-18-5-15(11-29)12-32-35(18)22)6-20(19)33-16-7-27(8-16)9-17(10-27)34-25(37)38/h3-6,12-13,16-17,23,34,39H,7-10,14H2,1-2H3,(H,30,33)(H,31,36)(H,37,38). The number of rotatable bonds is 8. The first-order chi connectivity index (χ1) is 18.5. The zero-order valence-corrected chi connectivity index (χ0v) is 21.6. The van der Waals surface area contributed by atoms with Crippen molar-refractivity contribution >= 4 is 23.2 Å². The highest BCUT2D eigenvalue weighted by molar-refractivity contribution is 6.00. The average Bonchev–Trinajstić information content (AvgIpc) is 3.26. The summed E-state index contributed by atoms with van der Waals surface area (Å²) >= 11 is 0. The minimum Gasteiger partial charge on any atom is -0.465 e. The minimum absolute atomic E-state index is 0.0292. The monoisotopic (exact) mass is 535 g/mol. The van der Waals surface area contributed by atoms with Crippen molar-refractivity contribution in [3.8, 4) is 17.5 Å². The van der Waals surface area contributed by atoms with Crippen molar-refractivity contribution in [3.05, 3.63) is 47.8 Å². The summed E-state index contributed by atoms with van der Waals surface area (Å²) in [5.41, 5.74) is 1.64. The van der Waals surface area contributed by atoms with E-state index in [0.29, 0.717) is 22.6 Å². The number of fused-ring (bicyclic) bond motifs is 1. The molecule has 2 aliphatic carbocycles. The first-order valence-corrected chi connectivity index (χ1v) is 12.8. The molecule has 1 spiro atoms. The van der Waals surface area contributed by atoms with Crippen molar-refractivity contribution in [2.75, 3.05) is 11.9 Å². The summed E-state index contributed by atoms with van der Waals surface area (Å²) in [7, 11) is 0. The second-order valence-electron chi connectivity index (χ2n) is 11.2. The Morgan fingerprint density at radius 2 is 1.95 bits per heavy atom. The van der Waals surface area contributed by atoms with Gasteiger partial charge in [-0.25, -0.2) is 13.7 Å². The van der Waals surface area contributed by atoms with Crippen molar-refractivity contribution in [2.45, 2.75) is 63.4 Å². The summed E-state index contributed by atoms with van der Waals surface area (Å²) in [5.74, 6) is -0.524. The number of pyridine rings is 1. The molecular formula is C27H30FN7O4. The average molecular weight is 536 g/mol. The van der Waals surface area contributed by atoms with Gasteiger partial charge in [-0.3, -0.25) is 9.78 Å². The second-order valence-corrected chi connectivity index (χ2v) is 11.2. The number of amides is 2. The van der Waals surface area contributed by atoms with Gasteiger partial charge in [0, 0.05) is 18.3 Å². The number of alkyl halides is 1. The van der Waals surface area contributed by atoms with Crippen molar-refractivity contribution in [1.82, 2.24) is 25.2 Å². The Kier molecular flexibility index (Phi) is 6.64. The molecule has 11 nitrogen and oxygen atoms in total. The molecule has 5 rings (SSSR count). The SMILES string of the molecule is CC(C)(O)C(F)CNC(=O)c1cnc(-c2ccc3cc(C#N)cnn23)cc1NC1CC2(CC(NC(=O)O)C2)C1. The number of hydrogen-bond acceptors (Lipinski definition) is 7. The van der Waals surface area contributed by atoms with Gasteiger partial charge < -0.3 is 26.2 Å². The van der Waals surface area contributed by atoms with E-state index in [1.807, 2.05) is 12.1 Å². The van der Waals surface area contributed by atoms with E-state index in [2.05, 4.69) is 32.1 Å². The molecule has 3 heterocycles. The van der Waals surface area contributed by atoms with Crippen LogP contribution in [0, 0.1) is 16.7 Å². The molecular weight excluding hydrogens is 505 g/mol. The van der Waals surface area contributed by atoms with Crippen molar-refractivity contribution in [2.24, 2.45) is 5.41 Å². The molecule has 2 amide bonds. The van der Waals surface area contributed by atoms with Gasteiger partial charge in [-0.2, -0.15) is 10.4 Å². The number of nitriles is 1. The Balaban J connectivity index is 1.37. The summed E-state index contributed by atoms with van der Waals surface area (Å²) in [6.07, 6.45) is 3.47. The van der Waals surface area contributed by atoms with Gasteiger partial charge in [-0.15, -0.1) is 0 Å². The lowest BCUT2D eigenvalue weighted by Gasteiger charge is -2.57. The van der Waals surface area contributed by atoms with Crippen LogP contribution in [0.3, 0.4) is 0 Å². The maximum absolute atomic E-state index is 14.3. The van der Waals surface area contributed by atoms with Crippen LogP contribution in [0.15, 0.2) is 36.7 Å². The van der Waals surface area contributed by atoms with E-state index >= 15 is 0 Å². The van der Waals surface area contributed by atoms with Crippen molar-refractivity contribution in [1.29, 1.82) is 5.26 Å². The Bertz CT molecular complexity index is 1460. The lowest BCUT2D eigenvalue weighted by Crippen LogP contribution is -2.59. The minimum atomic E-state index is -1.65.